The first-order valence-corrected chi connectivity index (χ1v) is 7.51. The number of halogens is 1. The molecule has 0 aromatic heterocycles. The summed E-state index contributed by atoms with van der Waals surface area (Å²) in [5.41, 5.74) is 1.71. The van der Waals surface area contributed by atoms with Crippen LogP contribution in [-0.2, 0) is 19.1 Å². The lowest BCUT2D eigenvalue weighted by Gasteiger charge is -2.11. The van der Waals surface area contributed by atoms with Gasteiger partial charge in [0.1, 0.15) is 0 Å². The summed E-state index contributed by atoms with van der Waals surface area (Å²) in [6.07, 6.45) is 0.412. The Balaban J connectivity index is 2.37. The maximum absolute atomic E-state index is 12.1. The van der Waals surface area contributed by atoms with E-state index in [0.717, 1.165) is 15.6 Å². The molecule has 2 unspecified atom stereocenters. The monoisotopic (exact) mass is 340 g/mol. The molecule has 0 radical (unpaired) electrons. The fraction of sp³-hybridized carbons (Fsp3) is 0.467. The maximum Gasteiger partial charge on any atom is 0.313 e. The second-order valence-corrected chi connectivity index (χ2v) is 5.44. The first-order valence-electron chi connectivity index (χ1n) is 6.71. The van der Waals surface area contributed by atoms with E-state index in [1.165, 1.54) is 0 Å². The topological polar surface area (TPSA) is 52.6 Å². The molecule has 2 atom stereocenters. The van der Waals surface area contributed by atoms with Crippen LogP contribution in [-0.4, -0.2) is 25.2 Å². The van der Waals surface area contributed by atoms with Gasteiger partial charge in [-0.3, -0.25) is 9.59 Å². The standard InChI is InChI=1S/C15H17BrO4/c1-3-19-14(17)10-8-11(15(18)20-4-2)13-9(10)6-5-7-12(13)16/h5-7,10-11H,3-4,8H2,1-2H3. The van der Waals surface area contributed by atoms with E-state index in [1.807, 2.05) is 18.2 Å². The molecule has 0 saturated carbocycles. The van der Waals surface area contributed by atoms with E-state index in [1.54, 1.807) is 13.8 Å². The van der Waals surface area contributed by atoms with Crippen LogP contribution in [0.2, 0.25) is 0 Å². The van der Waals surface area contributed by atoms with Gasteiger partial charge in [0, 0.05) is 4.47 Å². The lowest BCUT2D eigenvalue weighted by Crippen LogP contribution is -2.16. The first-order chi connectivity index (χ1) is 9.60. The van der Waals surface area contributed by atoms with Gasteiger partial charge < -0.3 is 9.47 Å². The number of carbonyl (C=O) groups is 2. The fourth-order valence-corrected chi connectivity index (χ4v) is 3.29. The van der Waals surface area contributed by atoms with Crippen LogP contribution < -0.4 is 0 Å². The number of fused-ring (bicyclic) bond motifs is 1. The van der Waals surface area contributed by atoms with Crippen molar-refractivity contribution >= 4 is 27.9 Å². The minimum Gasteiger partial charge on any atom is -0.466 e. The molecular weight excluding hydrogens is 324 g/mol. The molecule has 0 bridgehead atoms. The third-order valence-corrected chi connectivity index (χ3v) is 4.12. The zero-order valence-corrected chi connectivity index (χ0v) is 13.1. The normalized spacial score (nSPS) is 20.4. The van der Waals surface area contributed by atoms with E-state index < -0.39 is 11.8 Å². The van der Waals surface area contributed by atoms with Crippen LogP contribution in [0.15, 0.2) is 22.7 Å². The van der Waals surface area contributed by atoms with Crippen molar-refractivity contribution < 1.29 is 19.1 Å². The van der Waals surface area contributed by atoms with Gasteiger partial charge in [0.2, 0.25) is 0 Å². The molecule has 0 amide bonds. The van der Waals surface area contributed by atoms with Crippen LogP contribution in [0.25, 0.3) is 0 Å². The number of hydrogen-bond acceptors (Lipinski definition) is 4. The van der Waals surface area contributed by atoms with Gasteiger partial charge in [-0.15, -0.1) is 0 Å². The predicted octanol–water partition coefficient (Wildman–Crippen LogP) is 3.15. The molecule has 0 aliphatic heterocycles. The van der Waals surface area contributed by atoms with Gasteiger partial charge in [-0.05, 0) is 37.5 Å². The van der Waals surface area contributed by atoms with E-state index >= 15 is 0 Å². The summed E-state index contributed by atoms with van der Waals surface area (Å²) in [7, 11) is 0. The lowest BCUT2D eigenvalue weighted by atomic mass is 10.0. The Bertz CT molecular complexity index is 527. The maximum atomic E-state index is 12.1. The average Bonchev–Trinajstić information content (AvgIpc) is 2.80. The molecule has 0 saturated heterocycles. The highest BCUT2D eigenvalue weighted by atomic mass is 79.9. The van der Waals surface area contributed by atoms with Crippen LogP contribution in [0.1, 0.15) is 43.2 Å². The highest BCUT2D eigenvalue weighted by Crippen LogP contribution is 2.46. The van der Waals surface area contributed by atoms with E-state index in [9.17, 15) is 9.59 Å². The van der Waals surface area contributed by atoms with E-state index in [-0.39, 0.29) is 11.9 Å². The Morgan fingerprint density at radius 1 is 1.15 bits per heavy atom. The summed E-state index contributed by atoms with van der Waals surface area (Å²) < 4.78 is 11.1. The summed E-state index contributed by atoms with van der Waals surface area (Å²) in [4.78, 5) is 24.1. The molecule has 2 rings (SSSR count). The van der Waals surface area contributed by atoms with Crippen molar-refractivity contribution in [1.82, 2.24) is 0 Å². The number of esters is 2. The van der Waals surface area contributed by atoms with Crippen molar-refractivity contribution in [3.8, 4) is 0 Å². The summed E-state index contributed by atoms with van der Waals surface area (Å²) >= 11 is 3.46. The average molecular weight is 341 g/mol. The van der Waals surface area contributed by atoms with E-state index in [2.05, 4.69) is 15.9 Å². The molecule has 0 spiro atoms. The minimum absolute atomic E-state index is 0.279. The fourth-order valence-electron chi connectivity index (χ4n) is 2.63. The van der Waals surface area contributed by atoms with Crippen LogP contribution in [0.4, 0.5) is 0 Å². The highest BCUT2D eigenvalue weighted by molar-refractivity contribution is 9.10. The quantitative estimate of drug-likeness (QED) is 0.790. The molecule has 4 nitrogen and oxygen atoms in total. The number of ether oxygens (including phenoxy) is 2. The molecule has 0 N–H and O–H groups in total. The second-order valence-electron chi connectivity index (χ2n) is 4.59. The third-order valence-electron chi connectivity index (χ3n) is 3.42. The Labute approximate surface area is 126 Å². The Morgan fingerprint density at radius 2 is 1.75 bits per heavy atom. The number of carbonyl (C=O) groups excluding carboxylic acids is 2. The summed E-state index contributed by atoms with van der Waals surface area (Å²) in [5, 5.41) is 0. The van der Waals surface area contributed by atoms with Crippen molar-refractivity contribution in [2.45, 2.75) is 32.1 Å². The van der Waals surface area contributed by atoms with E-state index in [0.29, 0.717) is 19.6 Å². The van der Waals surface area contributed by atoms with Crippen LogP contribution >= 0.6 is 15.9 Å². The van der Waals surface area contributed by atoms with Gasteiger partial charge in [0.15, 0.2) is 0 Å². The second kappa shape index (κ2) is 6.39. The minimum atomic E-state index is -0.407. The molecule has 0 fully saturated rings. The zero-order chi connectivity index (χ0) is 14.7. The molecule has 0 heterocycles. The third kappa shape index (κ3) is 2.73. The van der Waals surface area contributed by atoms with Crippen molar-refractivity contribution in [3.63, 3.8) is 0 Å². The molecule has 1 aromatic rings. The van der Waals surface area contributed by atoms with Gasteiger partial charge in [0.05, 0.1) is 25.0 Å². The molecular formula is C15H17BrO4. The molecule has 1 aliphatic carbocycles. The number of benzene rings is 1. The van der Waals surface area contributed by atoms with Gasteiger partial charge >= 0.3 is 11.9 Å². The summed E-state index contributed by atoms with van der Waals surface area (Å²) in [6, 6.07) is 5.61. The van der Waals surface area contributed by atoms with Gasteiger partial charge in [0.25, 0.3) is 0 Å². The lowest BCUT2D eigenvalue weighted by molar-refractivity contribution is -0.146. The summed E-state index contributed by atoms with van der Waals surface area (Å²) in [6.45, 7) is 4.22. The molecule has 20 heavy (non-hydrogen) atoms. The molecule has 108 valence electrons. The van der Waals surface area contributed by atoms with Crippen molar-refractivity contribution in [2.24, 2.45) is 0 Å². The molecule has 1 aliphatic rings. The Kier molecular flexibility index (Phi) is 4.81. The Hall–Kier alpha value is -1.36. The highest BCUT2D eigenvalue weighted by Gasteiger charge is 2.41. The van der Waals surface area contributed by atoms with Crippen LogP contribution in [0.3, 0.4) is 0 Å². The molecule has 1 aromatic carbocycles. The predicted molar refractivity (Wildman–Crippen MR) is 77.5 cm³/mol. The first kappa shape index (κ1) is 15.0. The van der Waals surface area contributed by atoms with Crippen molar-refractivity contribution in [1.29, 1.82) is 0 Å². The van der Waals surface area contributed by atoms with Gasteiger partial charge in [-0.25, -0.2) is 0 Å². The van der Waals surface area contributed by atoms with Crippen molar-refractivity contribution in [3.05, 3.63) is 33.8 Å². The van der Waals surface area contributed by atoms with Crippen LogP contribution in [0.5, 0.6) is 0 Å². The smallest absolute Gasteiger partial charge is 0.313 e. The van der Waals surface area contributed by atoms with Crippen LogP contribution in [0, 0.1) is 0 Å². The number of hydrogen-bond donors (Lipinski definition) is 0. The molecule has 5 heteroatoms. The Morgan fingerprint density at radius 3 is 2.35 bits per heavy atom. The summed E-state index contributed by atoms with van der Waals surface area (Å²) in [5.74, 6) is -1.36. The van der Waals surface area contributed by atoms with Gasteiger partial charge in [-0.2, -0.15) is 0 Å². The largest absolute Gasteiger partial charge is 0.466 e. The van der Waals surface area contributed by atoms with Gasteiger partial charge in [-0.1, -0.05) is 28.1 Å². The zero-order valence-electron chi connectivity index (χ0n) is 11.5. The SMILES string of the molecule is CCOC(=O)C1CC(C(=O)OCC)c2c(Br)cccc21. The van der Waals surface area contributed by atoms with E-state index in [4.69, 9.17) is 9.47 Å². The van der Waals surface area contributed by atoms with Crippen molar-refractivity contribution in [2.75, 3.05) is 13.2 Å². The number of rotatable bonds is 4.